The molecule has 2 aliphatic rings. The Kier molecular flexibility index (Phi) is 4.41. The van der Waals surface area contributed by atoms with E-state index in [0.29, 0.717) is 0 Å². The summed E-state index contributed by atoms with van der Waals surface area (Å²) < 4.78 is 9.28. The topological polar surface area (TPSA) is 17.4 Å². The van der Waals surface area contributed by atoms with Gasteiger partial charge in [0.25, 0.3) is 0 Å². The van der Waals surface area contributed by atoms with Crippen molar-refractivity contribution in [3.8, 4) is 22.6 Å². The van der Waals surface area contributed by atoms with Gasteiger partial charge in [-0.3, -0.25) is 0 Å². The molecule has 0 radical (unpaired) electrons. The normalized spacial score (nSPS) is 13.1. The van der Waals surface area contributed by atoms with Gasteiger partial charge in [-0.1, -0.05) is 91.0 Å². The molecule has 6 aromatic carbocycles. The number of benzene rings is 6. The second-order valence-electron chi connectivity index (χ2n) is 10.5. The van der Waals surface area contributed by atoms with Gasteiger partial charge >= 0.3 is 6.92 Å². The van der Waals surface area contributed by atoms with Crippen LogP contribution in [0.5, 0.6) is 5.75 Å². The third-order valence-corrected chi connectivity index (χ3v) is 8.37. The summed E-state index contributed by atoms with van der Waals surface area (Å²) in [5.41, 5.74) is 11.8. The third-order valence-electron chi connectivity index (χ3n) is 8.37. The monoisotopic (exact) mass is 510 g/mol. The molecule has 0 N–H and O–H groups in total. The van der Waals surface area contributed by atoms with Crippen molar-refractivity contribution in [2.24, 2.45) is 0 Å². The second kappa shape index (κ2) is 8.14. The van der Waals surface area contributed by atoms with E-state index in [-0.39, 0.29) is 6.92 Å². The average molecular weight is 510 g/mol. The molecular formula is C36H23BN2O. The van der Waals surface area contributed by atoms with Crippen LogP contribution >= 0.6 is 0 Å². The Hall–Kier alpha value is -5.22. The number of nitrogens with zero attached hydrogens (tertiary/aromatic N) is 2. The van der Waals surface area contributed by atoms with Gasteiger partial charge in [0.2, 0.25) is 0 Å². The summed E-state index contributed by atoms with van der Waals surface area (Å²) >= 11 is 0. The molecule has 0 fully saturated rings. The fraction of sp³-hybridized carbons (Fsp3) is 0. The number of hydrogen-bond donors (Lipinski definition) is 0. The maximum atomic E-state index is 6.87. The summed E-state index contributed by atoms with van der Waals surface area (Å²) in [5, 5.41) is 2.47. The molecule has 3 nitrogen and oxygen atoms in total. The maximum absolute atomic E-state index is 6.87. The number of rotatable bonds is 2. The molecule has 186 valence electrons. The number of anilines is 3. The fourth-order valence-electron chi connectivity index (χ4n) is 6.77. The summed E-state index contributed by atoms with van der Waals surface area (Å²) in [7, 11) is 0. The lowest BCUT2D eigenvalue weighted by Crippen LogP contribution is -2.56. The molecule has 0 amide bonds. The van der Waals surface area contributed by atoms with Gasteiger partial charge in [0.1, 0.15) is 5.75 Å². The van der Waals surface area contributed by atoms with Crippen molar-refractivity contribution in [1.82, 2.24) is 4.57 Å². The predicted octanol–water partition coefficient (Wildman–Crippen LogP) is 7.73. The molecule has 4 heteroatoms. The molecule has 1 aromatic heterocycles. The summed E-state index contributed by atoms with van der Waals surface area (Å²) in [6, 6.07) is 49.8. The van der Waals surface area contributed by atoms with Crippen LogP contribution in [0.25, 0.3) is 38.6 Å². The van der Waals surface area contributed by atoms with Crippen molar-refractivity contribution in [3.05, 3.63) is 140 Å². The van der Waals surface area contributed by atoms with Gasteiger partial charge in [-0.2, -0.15) is 0 Å². The van der Waals surface area contributed by atoms with Gasteiger partial charge < -0.3 is 14.1 Å². The molecule has 40 heavy (non-hydrogen) atoms. The summed E-state index contributed by atoms with van der Waals surface area (Å²) in [5.74, 6) is 0.927. The highest BCUT2D eigenvalue weighted by Gasteiger charge is 2.44. The zero-order valence-corrected chi connectivity index (χ0v) is 21.7. The lowest BCUT2D eigenvalue weighted by atomic mass is 9.49. The fourth-order valence-corrected chi connectivity index (χ4v) is 6.77. The first-order valence-electron chi connectivity index (χ1n) is 13.7. The van der Waals surface area contributed by atoms with Crippen LogP contribution < -0.4 is 20.5 Å². The Morgan fingerprint density at radius 2 is 1.23 bits per heavy atom. The Balaban J connectivity index is 1.53. The number of aromatic nitrogens is 1. The van der Waals surface area contributed by atoms with Crippen molar-refractivity contribution >= 4 is 56.7 Å². The number of para-hydroxylation sites is 5. The van der Waals surface area contributed by atoms with Crippen LogP contribution in [-0.2, 0) is 0 Å². The largest absolute Gasteiger partial charge is 0.551 e. The van der Waals surface area contributed by atoms with E-state index in [2.05, 4.69) is 149 Å². The molecule has 0 saturated carbocycles. The lowest BCUT2D eigenvalue weighted by molar-refractivity contribution is 0.590. The van der Waals surface area contributed by atoms with Gasteiger partial charge in [0, 0.05) is 38.9 Å². The average Bonchev–Trinajstić information content (AvgIpc) is 3.36. The van der Waals surface area contributed by atoms with Crippen LogP contribution in [0, 0.1) is 0 Å². The quantitative estimate of drug-likeness (QED) is 0.222. The zero-order valence-electron chi connectivity index (χ0n) is 21.7. The van der Waals surface area contributed by atoms with Crippen LogP contribution in [0.15, 0.2) is 140 Å². The molecule has 0 unspecified atom stereocenters. The van der Waals surface area contributed by atoms with Crippen LogP contribution in [0.3, 0.4) is 0 Å². The maximum Gasteiger partial charge on any atom is 0.431 e. The highest BCUT2D eigenvalue weighted by molar-refractivity contribution is 6.86. The first kappa shape index (κ1) is 21.7. The van der Waals surface area contributed by atoms with Crippen molar-refractivity contribution < 1.29 is 4.65 Å². The van der Waals surface area contributed by atoms with E-state index in [1.807, 2.05) is 0 Å². The first-order valence-corrected chi connectivity index (χ1v) is 13.7. The first-order chi connectivity index (χ1) is 19.9. The highest BCUT2D eigenvalue weighted by atomic mass is 16.4. The summed E-state index contributed by atoms with van der Waals surface area (Å²) in [6.07, 6.45) is 0. The molecule has 0 atom stereocenters. The van der Waals surface area contributed by atoms with E-state index in [0.717, 1.165) is 28.4 Å². The van der Waals surface area contributed by atoms with Crippen molar-refractivity contribution in [2.45, 2.75) is 0 Å². The molecule has 0 spiro atoms. The van der Waals surface area contributed by atoms with E-state index < -0.39 is 0 Å². The van der Waals surface area contributed by atoms with Crippen LogP contribution in [0.2, 0.25) is 0 Å². The Labute approximate surface area is 232 Å². The Morgan fingerprint density at radius 3 is 2.08 bits per heavy atom. The van der Waals surface area contributed by atoms with Crippen LogP contribution in [0.4, 0.5) is 17.1 Å². The molecule has 0 bridgehead atoms. The Bertz CT molecular complexity index is 2100. The van der Waals surface area contributed by atoms with Gasteiger partial charge in [-0.25, -0.2) is 0 Å². The summed E-state index contributed by atoms with van der Waals surface area (Å²) in [4.78, 5) is 2.45. The minimum absolute atomic E-state index is 0.195. The van der Waals surface area contributed by atoms with E-state index in [9.17, 15) is 0 Å². The van der Waals surface area contributed by atoms with Crippen molar-refractivity contribution in [1.29, 1.82) is 0 Å². The lowest BCUT2D eigenvalue weighted by Gasteiger charge is -2.40. The van der Waals surface area contributed by atoms with Crippen LogP contribution in [0.1, 0.15) is 0 Å². The minimum Gasteiger partial charge on any atom is -0.551 e. The number of hydrogen-bond acceptors (Lipinski definition) is 2. The molecular weight excluding hydrogens is 487 g/mol. The predicted molar refractivity (Wildman–Crippen MR) is 167 cm³/mol. The molecule has 7 aromatic rings. The van der Waals surface area contributed by atoms with Crippen LogP contribution in [-0.4, -0.2) is 11.5 Å². The van der Waals surface area contributed by atoms with E-state index in [1.165, 1.54) is 44.0 Å². The smallest absolute Gasteiger partial charge is 0.431 e. The minimum atomic E-state index is -0.195. The van der Waals surface area contributed by atoms with Crippen molar-refractivity contribution in [2.75, 3.05) is 4.90 Å². The van der Waals surface area contributed by atoms with E-state index in [1.54, 1.807) is 0 Å². The SMILES string of the molecule is c1ccc(N2c3ccccc3B3Oc4ccccc4-c4cc5c(c2c43)c2ccccc2n5-c2ccccc2)cc1. The third kappa shape index (κ3) is 2.85. The summed E-state index contributed by atoms with van der Waals surface area (Å²) in [6.45, 7) is -0.195. The molecule has 0 aliphatic carbocycles. The Morgan fingerprint density at radius 1 is 0.550 bits per heavy atom. The van der Waals surface area contributed by atoms with E-state index in [4.69, 9.17) is 4.65 Å². The molecule has 9 rings (SSSR count). The van der Waals surface area contributed by atoms with Gasteiger partial charge in [-0.15, -0.1) is 0 Å². The second-order valence-corrected chi connectivity index (χ2v) is 10.5. The number of fused-ring (bicyclic) bond motifs is 8. The van der Waals surface area contributed by atoms with E-state index >= 15 is 0 Å². The molecule has 0 saturated heterocycles. The zero-order chi connectivity index (χ0) is 26.2. The highest BCUT2D eigenvalue weighted by Crippen LogP contribution is 2.48. The molecule has 2 aliphatic heterocycles. The van der Waals surface area contributed by atoms with Gasteiger partial charge in [0.15, 0.2) is 0 Å². The van der Waals surface area contributed by atoms with Gasteiger partial charge in [0.05, 0.1) is 16.7 Å². The van der Waals surface area contributed by atoms with Crippen molar-refractivity contribution in [3.63, 3.8) is 0 Å². The van der Waals surface area contributed by atoms with Gasteiger partial charge in [-0.05, 0) is 59.6 Å². The molecule has 3 heterocycles. The standard InChI is InChI=1S/C36H23BN2O/c1-3-13-24(14-4-1)38-30-20-10-7-18-27(30)34-32(38)23-28-26-17-8-12-22-33(26)40-37-29-19-9-11-21-31(29)39(36(34)35(28)37)25-15-5-2-6-16-25/h1-23H.